The van der Waals surface area contributed by atoms with Gasteiger partial charge in [-0.25, -0.2) is 13.8 Å². The lowest BCUT2D eigenvalue weighted by Crippen LogP contribution is -2.41. The number of aromatic nitrogens is 1. The third-order valence-corrected chi connectivity index (χ3v) is 9.36. The zero-order valence-electron chi connectivity index (χ0n) is 21.1. The summed E-state index contributed by atoms with van der Waals surface area (Å²) >= 11 is 0. The van der Waals surface area contributed by atoms with Gasteiger partial charge in [0.25, 0.3) is 5.91 Å². The number of likely N-dealkylation sites (tertiary alicyclic amines) is 1. The lowest BCUT2D eigenvalue weighted by Gasteiger charge is -2.36. The molecule has 1 amide bonds. The first-order valence-electron chi connectivity index (χ1n) is 13.7. The van der Waals surface area contributed by atoms with E-state index in [4.69, 9.17) is 5.73 Å². The molecule has 2 heterocycles. The number of nitrogen functional groups attached to an aromatic ring is 1. The molecule has 3 saturated carbocycles. The zero-order chi connectivity index (χ0) is 25.8. The van der Waals surface area contributed by atoms with Crippen molar-refractivity contribution >= 4 is 11.7 Å². The molecule has 1 aliphatic heterocycles. The average molecular weight is 511 g/mol. The van der Waals surface area contributed by atoms with Crippen molar-refractivity contribution in [3.63, 3.8) is 0 Å². The molecule has 4 N–H and O–H groups in total. The number of rotatable bonds is 5. The molecule has 1 saturated heterocycles. The number of pyridine rings is 1. The second-order valence-corrected chi connectivity index (χ2v) is 11.8. The maximum atomic E-state index is 13.6. The van der Waals surface area contributed by atoms with E-state index >= 15 is 0 Å². The van der Waals surface area contributed by atoms with Gasteiger partial charge in [0.2, 0.25) is 5.92 Å². The van der Waals surface area contributed by atoms with Crippen LogP contribution >= 0.6 is 0 Å². The summed E-state index contributed by atoms with van der Waals surface area (Å²) in [5, 5.41) is 12.8. The van der Waals surface area contributed by atoms with Crippen molar-refractivity contribution < 1.29 is 18.7 Å². The highest BCUT2D eigenvalue weighted by atomic mass is 19.3. The van der Waals surface area contributed by atoms with E-state index in [9.17, 15) is 18.7 Å². The molecule has 2 unspecified atom stereocenters. The first-order chi connectivity index (χ1) is 17.7. The molecule has 1 aromatic carbocycles. The number of alkyl halides is 2. The number of anilines is 1. The topological polar surface area (TPSA) is 91.5 Å². The lowest BCUT2D eigenvalue weighted by molar-refractivity contribution is -0.0526. The summed E-state index contributed by atoms with van der Waals surface area (Å²) in [6.45, 7) is 1.97. The summed E-state index contributed by atoms with van der Waals surface area (Å²) in [5.41, 5.74) is 9.70. The second kappa shape index (κ2) is 9.31. The highest BCUT2D eigenvalue weighted by molar-refractivity contribution is 5.99. The van der Waals surface area contributed by atoms with Crippen LogP contribution in [-0.4, -0.2) is 58.1 Å². The van der Waals surface area contributed by atoms with Crippen LogP contribution in [0.5, 0.6) is 0 Å². The molecule has 3 aliphatic carbocycles. The number of nitrogens with zero attached hydrogens (tertiary/aromatic N) is 2. The van der Waals surface area contributed by atoms with Crippen LogP contribution in [0.4, 0.5) is 14.6 Å². The Bertz CT molecular complexity index is 1150. The number of halogens is 2. The summed E-state index contributed by atoms with van der Waals surface area (Å²) in [4.78, 5) is 19.7. The summed E-state index contributed by atoms with van der Waals surface area (Å²) in [5.74, 6) is -1.89. The van der Waals surface area contributed by atoms with Crippen LogP contribution in [0, 0.1) is 5.92 Å². The summed E-state index contributed by atoms with van der Waals surface area (Å²) in [6, 6.07) is 10.7. The molecule has 0 bridgehead atoms. The molecule has 0 radical (unpaired) electrons. The number of nitrogens with one attached hydrogen (secondary N) is 1. The highest BCUT2D eigenvalue weighted by Crippen LogP contribution is 2.60. The first-order valence-corrected chi connectivity index (χ1v) is 13.7. The molecule has 2 aromatic rings. The van der Waals surface area contributed by atoms with Crippen molar-refractivity contribution in [2.75, 3.05) is 18.8 Å². The Balaban J connectivity index is 1.13. The van der Waals surface area contributed by atoms with Crippen LogP contribution in [0.15, 0.2) is 36.5 Å². The van der Waals surface area contributed by atoms with Crippen molar-refractivity contribution in [2.45, 2.75) is 87.3 Å². The van der Waals surface area contributed by atoms with Gasteiger partial charge in [-0.1, -0.05) is 24.3 Å². The monoisotopic (exact) mass is 510 g/mol. The molecule has 6 nitrogen and oxygen atoms in total. The van der Waals surface area contributed by atoms with E-state index in [0.717, 1.165) is 43.5 Å². The van der Waals surface area contributed by atoms with Crippen molar-refractivity contribution in [1.82, 2.24) is 15.2 Å². The highest BCUT2D eigenvalue weighted by Gasteiger charge is 2.61. The molecular formula is C29H36F2N4O2. The fourth-order valence-electron chi connectivity index (χ4n) is 6.93. The fraction of sp³-hybridized carbons (Fsp3) is 0.586. The molecule has 1 aromatic heterocycles. The van der Waals surface area contributed by atoms with Gasteiger partial charge in [-0.15, -0.1) is 0 Å². The van der Waals surface area contributed by atoms with Crippen LogP contribution in [0.1, 0.15) is 73.7 Å². The molecule has 4 fully saturated rings. The van der Waals surface area contributed by atoms with Gasteiger partial charge in [0, 0.05) is 55.2 Å². The smallest absolute Gasteiger partial charge is 0.255 e. The predicted octanol–water partition coefficient (Wildman–Crippen LogP) is 4.52. The minimum Gasteiger partial charge on any atom is -0.393 e. The van der Waals surface area contributed by atoms with E-state index in [0.29, 0.717) is 37.2 Å². The third-order valence-electron chi connectivity index (χ3n) is 9.36. The molecule has 37 heavy (non-hydrogen) atoms. The Morgan fingerprint density at radius 2 is 1.76 bits per heavy atom. The average Bonchev–Trinajstić information content (AvgIpc) is 3.46. The van der Waals surface area contributed by atoms with Crippen molar-refractivity contribution in [3.8, 4) is 11.1 Å². The van der Waals surface area contributed by atoms with Crippen LogP contribution < -0.4 is 11.1 Å². The largest absolute Gasteiger partial charge is 0.393 e. The van der Waals surface area contributed by atoms with Gasteiger partial charge >= 0.3 is 0 Å². The molecule has 0 spiro atoms. The normalized spacial score (nSPS) is 31.6. The number of piperidine rings is 1. The Hall–Kier alpha value is -2.58. The Labute approximate surface area is 216 Å². The van der Waals surface area contributed by atoms with Crippen LogP contribution in [-0.2, 0) is 5.41 Å². The van der Waals surface area contributed by atoms with Crippen molar-refractivity contribution in [1.29, 1.82) is 0 Å². The van der Waals surface area contributed by atoms with Gasteiger partial charge < -0.3 is 16.2 Å². The number of fused-ring (bicyclic) bond motifs is 1. The van der Waals surface area contributed by atoms with Gasteiger partial charge in [0.05, 0.1) is 11.7 Å². The summed E-state index contributed by atoms with van der Waals surface area (Å²) < 4.78 is 27.2. The first kappa shape index (κ1) is 24.7. The maximum absolute atomic E-state index is 13.6. The van der Waals surface area contributed by atoms with Crippen LogP contribution in [0.2, 0.25) is 0 Å². The minimum atomic E-state index is -2.48. The lowest BCUT2D eigenvalue weighted by atomic mass is 9.90. The maximum Gasteiger partial charge on any atom is 0.255 e. The van der Waals surface area contributed by atoms with Crippen molar-refractivity contribution in [3.05, 3.63) is 47.7 Å². The number of carbonyl (C=O) groups is 1. The van der Waals surface area contributed by atoms with E-state index in [1.54, 1.807) is 12.3 Å². The second-order valence-electron chi connectivity index (χ2n) is 11.8. The number of carbonyl (C=O) groups excluding carboxylic acids is 1. The number of nitrogens with two attached hydrogens (primary N) is 1. The van der Waals surface area contributed by atoms with Gasteiger partial charge in [-0.3, -0.25) is 9.69 Å². The molecule has 8 heteroatoms. The molecule has 6 rings (SSSR count). The van der Waals surface area contributed by atoms with Gasteiger partial charge in [-0.05, 0) is 68.1 Å². The van der Waals surface area contributed by atoms with E-state index in [-0.39, 0.29) is 48.2 Å². The number of hydrogen-bond donors (Lipinski definition) is 3. The Kier molecular flexibility index (Phi) is 6.23. The molecular weight excluding hydrogens is 474 g/mol. The zero-order valence-corrected chi connectivity index (χ0v) is 21.1. The Morgan fingerprint density at radius 3 is 2.46 bits per heavy atom. The van der Waals surface area contributed by atoms with Crippen LogP contribution in [0.3, 0.4) is 0 Å². The summed E-state index contributed by atoms with van der Waals surface area (Å²) in [6.07, 6.45) is 6.72. The van der Waals surface area contributed by atoms with E-state index < -0.39 is 5.92 Å². The molecule has 2 atom stereocenters. The van der Waals surface area contributed by atoms with Gasteiger partial charge in [-0.2, -0.15) is 0 Å². The molecule has 198 valence electrons. The van der Waals surface area contributed by atoms with E-state index in [1.165, 1.54) is 5.56 Å². The summed E-state index contributed by atoms with van der Waals surface area (Å²) in [7, 11) is 0. The van der Waals surface area contributed by atoms with E-state index in [1.807, 2.05) is 0 Å². The third kappa shape index (κ3) is 4.86. The number of hydrogen-bond acceptors (Lipinski definition) is 5. The predicted molar refractivity (Wildman–Crippen MR) is 138 cm³/mol. The van der Waals surface area contributed by atoms with Crippen LogP contribution in [0.25, 0.3) is 11.1 Å². The SMILES string of the molecule is Nc1ncc(-c2ccc(C34CC3CN(C3CCC(F)(F)CC3)C4)cc2)cc1C(=O)NC1CCC(O)CC1. The van der Waals surface area contributed by atoms with Crippen molar-refractivity contribution in [2.24, 2.45) is 5.92 Å². The number of aliphatic hydroxyl groups is 1. The van der Waals surface area contributed by atoms with E-state index in [2.05, 4.69) is 39.5 Å². The molecule has 4 aliphatic rings. The van der Waals surface area contributed by atoms with Gasteiger partial charge in [0.15, 0.2) is 0 Å². The number of benzene rings is 1. The standard InChI is InChI=1S/C29H36F2N4O2/c30-29(31)11-9-23(10-12-29)35-16-21-14-28(21,17-35)20-3-1-18(2-4-20)19-13-25(26(32)33-15-19)27(37)34-22-5-7-24(36)8-6-22/h1-4,13,15,21-24,36H,5-12,14,16-17H2,(H2,32,33)(H,34,37). The minimum absolute atomic E-state index is 0.0138. The fourth-order valence-corrected chi connectivity index (χ4v) is 6.93. The number of amides is 1. The Morgan fingerprint density at radius 1 is 1.05 bits per heavy atom. The van der Waals surface area contributed by atoms with Gasteiger partial charge in [0.1, 0.15) is 5.82 Å². The number of aliphatic hydroxyl groups excluding tert-OH is 1. The quantitative estimate of drug-likeness (QED) is 0.550.